The number of hydrogen-bond acceptors (Lipinski definition) is 8. The van der Waals surface area contributed by atoms with Gasteiger partial charge in [-0.15, -0.1) is 20.6 Å². The van der Waals surface area contributed by atoms with Gasteiger partial charge in [0.25, 0.3) is 0 Å². The minimum atomic E-state index is -1.11. The summed E-state index contributed by atoms with van der Waals surface area (Å²) in [7, 11) is 0. The Hall–Kier alpha value is -1.87. The van der Waals surface area contributed by atoms with Gasteiger partial charge in [-0.25, -0.2) is 0 Å². The molecule has 1 N–H and O–H groups in total. The lowest BCUT2D eigenvalue weighted by Gasteiger charge is -2.27. The zero-order valence-corrected chi connectivity index (χ0v) is 11.6. The Kier molecular flexibility index (Phi) is 2.79. The molecule has 3 rings (SSSR count). The van der Waals surface area contributed by atoms with E-state index in [-0.39, 0.29) is 5.89 Å². The fraction of sp³-hybridized carbons (Fsp3) is 0.200. The number of anilines is 1. The summed E-state index contributed by atoms with van der Waals surface area (Å²) in [6.45, 7) is 1.71. The van der Waals surface area contributed by atoms with Crippen molar-refractivity contribution in [1.82, 2.24) is 15.6 Å². The zero-order chi connectivity index (χ0) is 13.5. The van der Waals surface area contributed by atoms with Crippen LogP contribution in [-0.4, -0.2) is 14.4 Å². The molecule has 1 aliphatic rings. The predicted molar refractivity (Wildman–Crippen MR) is 71.8 cm³/mol. The first-order valence-electron chi connectivity index (χ1n) is 5.44. The van der Waals surface area contributed by atoms with E-state index in [1.165, 1.54) is 4.21 Å². The van der Waals surface area contributed by atoms with E-state index in [1.54, 1.807) is 11.9 Å². The van der Waals surface area contributed by atoms with Crippen LogP contribution in [0.2, 0.25) is 0 Å². The van der Waals surface area contributed by atoms with Gasteiger partial charge < -0.3 is 17.2 Å². The Morgan fingerprint density at radius 2 is 2.11 bits per heavy atom. The summed E-state index contributed by atoms with van der Waals surface area (Å²) in [6, 6.07) is 9.47. The van der Waals surface area contributed by atoms with Crippen LogP contribution in [0.25, 0.3) is 0 Å². The van der Waals surface area contributed by atoms with Crippen LogP contribution in [0.15, 0.2) is 40.0 Å². The molecular formula is C10H10N6OS2. The van der Waals surface area contributed by atoms with E-state index >= 15 is 0 Å². The van der Waals surface area contributed by atoms with Crippen molar-refractivity contribution in [2.45, 2.75) is 11.9 Å². The van der Waals surface area contributed by atoms with Gasteiger partial charge in [0.2, 0.25) is 5.89 Å². The molecule has 19 heavy (non-hydrogen) atoms. The molecular weight excluding hydrogens is 284 g/mol. The second-order valence-electron chi connectivity index (χ2n) is 3.91. The van der Waals surface area contributed by atoms with E-state index in [1.807, 2.05) is 30.3 Å². The molecule has 1 atom stereocenters. The van der Waals surface area contributed by atoms with Crippen molar-refractivity contribution in [3.05, 3.63) is 42.1 Å². The van der Waals surface area contributed by atoms with Gasteiger partial charge in [0.05, 0.1) is 10.9 Å². The highest BCUT2D eigenvalue weighted by molar-refractivity contribution is 7.81. The van der Waals surface area contributed by atoms with Crippen LogP contribution in [-0.2, 0) is 17.8 Å². The monoisotopic (exact) mass is 294 g/mol. The highest BCUT2D eigenvalue weighted by atomic mass is 32.1. The van der Waals surface area contributed by atoms with Crippen LogP contribution >= 0.6 is 12.6 Å². The molecule has 0 amide bonds. The summed E-state index contributed by atoms with van der Waals surface area (Å²) in [5, 5.41) is 13.4. The lowest BCUT2D eigenvalue weighted by atomic mass is 10.3. The summed E-state index contributed by atoms with van der Waals surface area (Å²) in [5.74, 6) is 0.717. The minimum absolute atomic E-state index is 0.272. The summed E-state index contributed by atoms with van der Waals surface area (Å²) in [6.07, 6.45) is 0. The highest BCUT2D eigenvalue weighted by Crippen LogP contribution is 2.36. The van der Waals surface area contributed by atoms with Gasteiger partial charge in [0.15, 0.2) is 0 Å². The number of rotatable bonds is 2. The first kappa shape index (κ1) is 12.2. The van der Waals surface area contributed by atoms with Gasteiger partial charge in [-0.1, -0.05) is 30.8 Å². The maximum atomic E-state index is 5.43. The maximum absolute atomic E-state index is 5.43. The SMILES string of the molecule is Cc1nnc(C2(S)NN=[N+]([S-])N2c2ccccc2)o1. The topological polar surface area (TPSA) is 69.6 Å². The number of aryl methyl sites for hydroxylation is 1. The zero-order valence-electron chi connectivity index (χ0n) is 9.89. The van der Waals surface area contributed by atoms with Crippen molar-refractivity contribution in [3.63, 3.8) is 0 Å². The van der Waals surface area contributed by atoms with E-state index in [4.69, 9.17) is 17.2 Å². The molecule has 0 bridgehead atoms. The third-order valence-corrected chi connectivity index (χ3v) is 3.32. The van der Waals surface area contributed by atoms with Crippen molar-refractivity contribution >= 4 is 31.1 Å². The van der Waals surface area contributed by atoms with Gasteiger partial charge in [0, 0.05) is 6.92 Å². The minimum Gasteiger partial charge on any atom is -0.501 e. The fourth-order valence-corrected chi connectivity index (χ4v) is 2.41. The van der Waals surface area contributed by atoms with Crippen LogP contribution in [0.4, 0.5) is 5.69 Å². The molecule has 0 aliphatic carbocycles. The predicted octanol–water partition coefficient (Wildman–Crippen LogP) is 1.28. The second-order valence-corrected chi connectivity index (χ2v) is 4.88. The quantitative estimate of drug-likeness (QED) is 0.494. The molecule has 0 spiro atoms. The molecule has 7 nitrogen and oxygen atoms in total. The van der Waals surface area contributed by atoms with E-state index in [2.05, 4.69) is 33.5 Å². The number of thiol groups is 1. The van der Waals surface area contributed by atoms with E-state index in [9.17, 15) is 0 Å². The standard InChI is InChI=1S/C10H10N6OS2/c1-7-11-12-9(17-7)10(18)13-14-16(19)15(10)8-5-3-2-4-6-8/h2-6,13,18H,1H3. The first-order chi connectivity index (χ1) is 9.11. The van der Waals surface area contributed by atoms with Crippen LogP contribution in [0, 0.1) is 6.92 Å². The normalized spacial score (nSPS) is 22.2. The molecule has 9 heteroatoms. The number of hydrazine groups is 1. The van der Waals surface area contributed by atoms with Gasteiger partial charge in [-0.3, -0.25) is 0 Å². The van der Waals surface area contributed by atoms with Crippen molar-refractivity contribution in [1.29, 1.82) is 0 Å². The second kappa shape index (κ2) is 4.35. The molecule has 0 saturated carbocycles. The third-order valence-electron chi connectivity index (χ3n) is 2.59. The van der Waals surface area contributed by atoms with Crippen LogP contribution < -0.4 is 10.4 Å². The van der Waals surface area contributed by atoms with Gasteiger partial charge >= 0.3 is 10.9 Å². The van der Waals surface area contributed by atoms with Gasteiger partial charge in [0.1, 0.15) is 0 Å². The fourth-order valence-electron chi connectivity index (χ4n) is 1.76. The number of para-hydroxylation sites is 1. The highest BCUT2D eigenvalue weighted by Gasteiger charge is 2.52. The third kappa shape index (κ3) is 1.90. The van der Waals surface area contributed by atoms with Crippen molar-refractivity contribution in [2.75, 3.05) is 5.01 Å². The van der Waals surface area contributed by atoms with Crippen LogP contribution in [0.5, 0.6) is 0 Å². The summed E-state index contributed by atoms with van der Waals surface area (Å²) < 4.78 is 6.66. The number of nitrogens with one attached hydrogen (secondary N) is 1. The largest absolute Gasteiger partial charge is 0.501 e. The van der Waals surface area contributed by atoms with Crippen molar-refractivity contribution in [3.8, 4) is 0 Å². The molecule has 0 saturated heterocycles. The molecule has 2 heterocycles. The number of aromatic nitrogens is 2. The lowest BCUT2D eigenvalue weighted by Crippen LogP contribution is -2.47. The van der Waals surface area contributed by atoms with E-state index < -0.39 is 4.99 Å². The lowest BCUT2D eigenvalue weighted by molar-refractivity contribution is -0.430. The van der Waals surface area contributed by atoms with E-state index in [0.29, 0.717) is 5.89 Å². The van der Waals surface area contributed by atoms with Crippen molar-refractivity contribution in [2.24, 2.45) is 5.22 Å². The smallest absolute Gasteiger partial charge is 0.355 e. The van der Waals surface area contributed by atoms with Gasteiger partial charge in [-0.05, 0) is 12.1 Å². The Balaban J connectivity index is 2.07. The average Bonchev–Trinajstić information content (AvgIpc) is 2.96. The number of nitrogens with zero attached hydrogens (tertiary/aromatic N) is 5. The Morgan fingerprint density at radius 3 is 2.74 bits per heavy atom. The Morgan fingerprint density at radius 1 is 1.37 bits per heavy atom. The van der Waals surface area contributed by atoms with Crippen LogP contribution in [0.1, 0.15) is 11.8 Å². The van der Waals surface area contributed by atoms with Crippen molar-refractivity contribution < 1.29 is 8.63 Å². The molecule has 1 aromatic carbocycles. The molecule has 98 valence electrons. The Bertz CT molecular complexity index is 630. The summed E-state index contributed by atoms with van der Waals surface area (Å²) in [5.41, 5.74) is 3.60. The Labute approximate surface area is 120 Å². The summed E-state index contributed by atoms with van der Waals surface area (Å²) >= 11 is 9.72. The summed E-state index contributed by atoms with van der Waals surface area (Å²) in [4.78, 5) is -1.11. The average molecular weight is 294 g/mol. The number of benzene rings is 1. The molecule has 2 aromatic rings. The molecule has 1 unspecified atom stereocenters. The molecule has 0 radical (unpaired) electrons. The number of hydrogen-bond donors (Lipinski definition) is 2. The molecule has 1 aromatic heterocycles. The van der Waals surface area contributed by atoms with E-state index in [0.717, 1.165) is 5.69 Å². The molecule has 1 aliphatic heterocycles. The first-order valence-corrected chi connectivity index (χ1v) is 6.26. The maximum Gasteiger partial charge on any atom is 0.355 e. The van der Waals surface area contributed by atoms with Crippen LogP contribution in [0.3, 0.4) is 0 Å². The molecule has 0 fully saturated rings. The van der Waals surface area contributed by atoms with Gasteiger partial charge in [-0.2, -0.15) is 4.21 Å².